The van der Waals surface area contributed by atoms with Crippen molar-refractivity contribution in [2.24, 2.45) is 16.6 Å². The summed E-state index contributed by atoms with van der Waals surface area (Å²) < 4.78 is 6.27. The monoisotopic (exact) mass is 1670 g/mol. The summed E-state index contributed by atoms with van der Waals surface area (Å²) in [5, 5.41) is 96.3. The number of carbonyl (C=O) groups is 12. The molecule has 5 aromatic heterocycles. The maximum atomic E-state index is 15.4. The Bertz CT molecular complexity index is 4810. The lowest BCUT2D eigenvalue weighted by Crippen LogP contribution is -2.61. The second kappa shape index (κ2) is 35.6. The van der Waals surface area contributed by atoms with Crippen molar-refractivity contribution in [1.29, 1.82) is 0 Å². The van der Waals surface area contributed by atoms with Crippen molar-refractivity contribution in [2.75, 3.05) is 5.75 Å². The molecular formula is C72H87N19O18S5. The first-order valence-electron chi connectivity index (χ1n) is 35.8. The van der Waals surface area contributed by atoms with Crippen LogP contribution >= 0.6 is 57.1 Å². The summed E-state index contributed by atoms with van der Waals surface area (Å²) in [5.74, 6) is -12.0. The predicted octanol–water partition coefficient (Wildman–Crippen LogP) is 0.616. The molecule has 9 heterocycles. The van der Waals surface area contributed by atoms with Gasteiger partial charge in [0.05, 0.1) is 76.7 Å². The van der Waals surface area contributed by atoms with E-state index in [1.165, 1.54) is 82.1 Å². The van der Waals surface area contributed by atoms with Crippen molar-refractivity contribution >= 4 is 139 Å². The van der Waals surface area contributed by atoms with Crippen LogP contribution in [-0.2, 0) is 48.6 Å². The Morgan fingerprint density at radius 1 is 0.754 bits per heavy atom. The molecule has 3 unspecified atom stereocenters. The Kier molecular flexibility index (Phi) is 26.9. The third-order valence-electron chi connectivity index (χ3n) is 19.7. The van der Waals surface area contributed by atoms with Crippen molar-refractivity contribution in [1.82, 2.24) is 88.7 Å². The highest BCUT2D eigenvalue weighted by Gasteiger charge is 2.52. The number of fused-ring (bicyclic) bond motifs is 7. The Labute approximate surface area is 672 Å². The quantitative estimate of drug-likeness (QED) is 0.0601. The number of nitrogens with two attached hydrogens (primary N) is 1. The topological polar surface area (TPSA) is 562 Å². The highest BCUT2D eigenvalue weighted by Crippen LogP contribution is 2.49. The summed E-state index contributed by atoms with van der Waals surface area (Å²) >= 11 is 4.56. The first kappa shape index (κ1) is 86.2. The molecule has 608 valence electrons. The molecule has 4 aliphatic heterocycles. The number of primary amides is 1. The van der Waals surface area contributed by atoms with E-state index in [4.69, 9.17) is 20.4 Å². The highest BCUT2D eigenvalue weighted by atomic mass is 32.2. The number of ether oxygens (including phenoxy) is 1. The highest BCUT2D eigenvalue weighted by molar-refractivity contribution is 8.14. The Balaban J connectivity index is 1.16. The third-order valence-corrected chi connectivity index (χ3v) is 24.7. The molecule has 1 fully saturated rings. The van der Waals surface area contributed by atoms with Gasteiger partial charge in [0.2, 0.25) is 29.5 Å². The van der Waals surface area contributed by atoms with Gasteiger partial charge in [-0.1, -0.05) is 58.2 Å². The number of amides is 11. The number of allylic oxidation sites excluding steroid dienone is 1. The lowest BCUT2D eigenvalue weighted by Gasteiger charge is -2.46. The largest absolute Gasteiger partial charge is 0.455 e. The third kappa shape index (κ3) is 18.7. The number of cyclic esters (lactones) is 1. The van der Waals surface area contributed by atoms with Crippen LogP contribution in [0, 0.1) is 5.92 Å². The van der Waals surface area contributed by atoms with Crippen molar-refractivity contribution in [3.63, 3.8) is 0 Å². The van der Waals surface area contributed by atoms with E-state index in [2.05, 4.69) is 103 Å². The lowest BCUT2D eigenvalue weighted by molar-refractivity contribution is -0.131. The molecule has 11 amide bonds. The maximum Gasteiger partial charge on any atom is 0.357 e. The Morgan fingerprint density at radius 3 is 2.11 bits per heavy atom. The molecule has 0 aromatic carbocycles. The summed E-state index contributed by atoms with van der Waals surface area (Å²) in [6.07, 6.45) is -2.92. The number of esters is 1. The van der Waals surface area contributed by atoms with Gasteiger partial charge in [0.15, 0.2) is 0 Å². The van der Waals surface area contributed by atoms with E-state index in [1.807, 2.05) is 6.92 Å². The molecule has 0 radical (unpaired) electrons. The van der Waals surface area contributed by atoms with E-state index in [-0.39, 0.29) is 89.0 Å². The lowest BCUT2D eigenvalue weighted by atomic mass is 9.78. The Morgan fingerprint density at radius 2 is 1.43 bits per heavy atom. The van der Waals surface area contributed by atoms with Gasteiger partial charge in [0, 0.05) is 32.8 Å². The summed E-state index contributed by atoms with van der Waals surface area (Å²) in [5.41, 5.74) is -1.63. The molecule has 0 spiro atoms. The standard InChI is InChI=1S/C72H87N19O18S5/c1-14-26(3)47-63(105)78-30(7)57(99)75-28(5)56(98)76-31(8)58(100)91-72-19-18-40(66-85-43(22-111-66)59(101)77-29(6)55(97)74-27(4)54(73)96)81-52(72)42-21-112-67(83-42)49(34(11)109-69(107)41-20-37(32(9)92)36-16-17-39(79-47)51(95)50(36)80-41)89-60(102)44-24-113-68(86-44)53(71(13,108)35(12)94)90-62(104)45-23-110-65(84-45)38(15-2)82-64(106)48(33(10)93)88-61(103)46-25-114-70(72)87-46/h15-17,20-22,24-26,30-35,39-40,45,47-49,51-53,79,81,92-95,108H,4-6,14,18-19,23H2,1-3,7-13H3,(H2,73,96)(H,74,97)(H,75,99)(H,76,98)(H,77,101)(H,78,105)(H,82,106)(H,88,103)(H,89,102)(H,90,104)(H,91,100)/b38-15-/t26-,30-,31-,32-,33+,34+,35+,39?,40?,45+,47-,48-,49-,51-,52+,53+,71+,72?/m0/s1. The van der Waals surface area contributed by atoms with Gasteiger partial charge >= 0.3 is 5.97 Å². The van der Waals surface area contributed by atoms with Crippen molar-refractivity contribution in [3.05, 3.63) is 148 Å². The first-order chi connectivity index (χ1) is 53.7. The van der Waals surface area contributed by atoms with E-state index < -0.39 is 202 Å². The molecule has 19 N–H and O–H groups in total. The maximum absolute atomic E-state index is 15.4. The van der Waals surface area contributed by atoms with Gasteiger partial charge in [-0.3, -0.25) is 68.4 Å². The summed E-state index contributed by atoms with van der Waals surface area (Å²) in [4.78, 5) is 199. The van der Waals surface area contributed by atoms with Gasteiger partial charge in [0.25, 0.3) is 35.4 Å². The fourth-order valence-corrected chi connectivity index (χ4v) is 17.5. The molecular weight excluding hydrogens is 1580 g/mol. The molecule has 5 aromatic rings. The number of aliphatic hydroxyl groups excluding tert-OH is 4. The number of hydrogen-bond acceptors (Lipinski definition) is 31. The van der Waals surface area contributed by atoms with Crippen molar-refractivity contribution in [2.45, 2.75) is 191 Å². The first-order valence-corrected chi connectivity index (χ1v) is 40.3. The average molecular weight is 1670 g/mol. The number of aliphatic imine (C=N–C) groups is 1. The number of nitrogens with zero attached hydrogens (tertiary/aromatic N) is 6. The van der Waals surface area contributed by atoms with Gasteiger partial charge in [-0.2, -0.15) is 0 Å². The van der Waals surface area contributed by atoms with Crippen molar-refractivity contribution in [3.8, 4) is 0 Å². The molecule has 0 saturated carbocycles. The van der Waals surface area contributed by atoms with E-state index in [1.54, 1.807) is 26.0 Å². The van der Waals surface area contributed by atoms with Gasteiger partial charge in [0.1, 0.15) is 107 Å². The van der Waals surface area contributed by atoms with Crippen molar-refractivity contribution < 1.29 is 87.8 Å². The molecule has 42 heteroatoms. The minimum Gasteiger partial charge on any atom is -0.455 e. The molecule has 1 saturated heterocycles. The normalized spacial score (nSPS) is 27.6. The van der Waals surface area contributed by atoms with Crippen LogP contribution in [0.1, 0.15) is 209 Å². The zero-order chi connectivity index (χ0) is 83.4. The fourth-order valence-electron chi connectivity index (χ4n) is 12.6. The minimum atomic E-state index is -2.20. The second-order valence-electron chi connectivity index (χ2n) is 28.0. The number of thioether (sulfide) groups is 1. The smallest absolute Gasteiger partial charge is 0.357 e. The van der Waals surface area contributed by atoms with Crippen LogP contribution < -0.4 is 69.5 Å². The van der Waals surface area contributed by atoms with Crippen LogP contribution in [0.3, 0.4) is 0 Å². The summed E-state index contributed by atoms with van der Waals surface area (Å²) in [7, 11) is 0. The minimum absolute atomic E-state index is 0.0112. The molecule has 1 aliphatic carbocycles. The van der Waals surface area contributed by atoms with E-state index in [0.717, 1.165) is 57.1 Å². The molecule has 13 bridgehead atoms. The van der Waals surface area contributed by atoms with Crippen LogP contribution in [-0.4, -0.2) is 192 Å². The number of carbonyl (C=O) groups excluding carboxylic acids is 12. The summed E-state index contributed by atoms with van der Waals surface area (Å²) in [6.45, 7) is 25.0. The van der Waals surface area contributed by atoms with Gasteiger partial charge in [-0.15, -0.1) is 57.1 Å². The molecule has 5 aliphatic rings. The van der Waals surface area contributed by atoms with Crippen LogP contribution in [0.15, 0.2) is 87.3 Å². The fraction of sp³-hybridized carbons (Fsp3) is 0.444. The van der Waals surface area contributed by atoms with Crippen LogP contribution in [0.2, 0.25) is 0 Å². The SMILES string of the molecule is C=C(NC(=O)C(=C)NC(=O)c1csc(C2CCC34NC(=O)[C@H](C)NC(=O)C(=C)NC(=O)[C@H](C)NC(=O)[C@H]([C@@H](C)CC)NC5C=Cc6c([C@H](C)O)cc(nc6[C@H]5O)C(=O)O[C@H](C)[C@H](NC(=O)c5csc(n5)[C@H]([C@](C)(O)[C@@H](C)O)NC(=O)[C@H]5CSC(=N5)/C(=C/C)NC(=O)[C@H]([C@@H](C)O)NC(=O)c5csc3n5)c3nc(cs3)[C@H]4N2)n1)C(N)=O. The van der Waals surface area contributed by atoms with E-state index in [0.29, 0.717) is 6.42 Å². The molecule has 10 rings (SSSR count). The number of pyridine rings is 1. The van der Waals surface area contributed by atoms with Gasteiger partial charge < -0.3 is 89.2 Å². The summed E-state index contributed by atoms with van der Waals surface area (Å²) in [6, 6.07) is -12.3. The number of nitrogens with one attached hydrogen (secondary N) is 12. The van der Waals surface area contributed by atoms with E-state index >= 15 is 14.4 Å². The van der Waals surface area contributed by atoms with Crippen LogP contribution in [0.25, 0.3) is 6.08 Å². The molecule has 114 heavy (non-hydrogen) atoms. The predicted molar refractivity (Wildman–Crippen MR) is 418 cm³/mol. The van der Waals surface area contributed by atoms with Crippen LogP contribution in [0.4, 0.5) is 0 Å². The number of piperidine rings is 1. The number of aliphatic hydroxyl groups is 5. The van der Waals surface area contributed by atoms with Gasteiger partial charge in [-0.05, 0) is 85.8 Å². The zero-order valence-corrected chi connectivity index (χ0v) is 67.2. The second-order valence-corrected chi connectivity index (χ2v) is 32.6. The van der Waals surface area contributed by atoms with Gasteiger partial charge in [-0.25, -0.2) is 29.7 Å². The number of rotatable bonds is 12. The number of hydrogen-bond donors (Lipinski definition) is 18. The van der Waals surface area contributed by atoms with Crippen LogP contribution in [0.5, 0.6) is 0 Å². The number of aromatic nitrogens is 5. The van der Waals surface area contributed by atoms with E-state index in [9.17, 15) is 68.7 Å². The zero-order valence-electron chi connectivity index (χ0n) is 63.2. The molecule has 37 nitrogen and oxygen atoms in total. The Hall–Kier alpha value is -10.2. The average Bonchev–Trinajstić information content (AvgIpc) is 1.47. The molecule has 18 atom stereocenters. The number of thiazole rings is 4.